The van der Waals surface area contributed by atoms with Gasteiger partial charge in [0.2, 0.25) is 11.9 Å². The zero-order valence-corrected chi connectivity index (χ0v) is 19.6. The number of likely N-dealkylation sites (tertiary alicyclic amines) is 1. The van der Waals surface area contributed by atoms with E-state index in [0.29, 0.717) is 17.5 Å². The minimum absolute atomic E-state index is 0.138. The molecule has 0 unspecified atom stereocenters. The third-order valence-electron chi connectivity index (χ3n) is 5.16. The number of amides is 1. The minimum atomic E-state index is -0.138. The molecular formula is C23H28N8OS. The number of nitrogens with one attached hydrogen (secondary N) is 3. The summed E-state index contributed by atoms with van der Waals surface area (Å²) in [5.74, 6) is 1.01. The molecule has 3 heterocycles. The van der Waals surface area contributed by atoms with Gasteiger partial charge in [0.25, 0.3) is 0 Å². The van der Waals surface area contributed by atoms with E-state index < -0.39 is 0 Å². The van der Waals surface area contributed by atoms with E-state index in [0.717, 1.165) is 35.9 Å². The van der Waals surface area contributed by atoms with Gasteiger partial charge in [-0.1, -0.05) is 12.1 Å². The van der Waals surface area contributed by atoms with Crippen LogP contribution in [0.1, 0.15) is 12.8 Å². The molecule has 9 nitrogen and oxygen atoms in total. The average Bonchev–Trinajstić information content (AvgIpc) is 3.46. The zero-order chi connectivity index (χ0) is 23.0. The van der Waals surface area contributed by atoms with Crippen LogP contribution in [0.5, 0.6) is 0 Å². The van der Waals surface area contributed by atoms with Gasteiger partial charge in [0.1, 0.15) is 5.82 Å². The van der Waals surface area contributed by atoms with Gasteiger partial charge < -0.3 is 16.0 Å². The molecule has 1 saturated heterocycles. The molecule has 3 N–H and O–H groups in total. The molecule has 0 saturated carbocycles. The van der Waals surface area contributed by atoms with Crippen LogP contribution in [0.25, 0.3) is 0 Å². The Kier molecular flexibility index (Phi) is 7.59. The number of carbonyl (C=O) groups excluding carboxylic acids is 1. The molecule has 0 radical (unpaired) electrons. The van der Waals surface area contributed by atoms with Crippen molar-refractivity contribution >= 4 is 46.5 Å². The van der Waals surface area contributed by atoms with Crippen LogP contribution in [0.3, 0.4) is 0 Å². The second kappa shape index (κ2) is 11.0. The summed E-state index contributed by atoms with van der Waals surface area (Å²) in [7, 11) is 1.85. The Morgan fingerprint density at radius 1 is 1.15 bits per heavy atom. The quantitative estimate of drug-likeness (QED) is 0.323. The van der Waals surface area contributed by atoms with Gasteiger partial charge in [0.15, 0.2) is 0 Å². The highest BCUT2D eigenvalue weighted by atomic mass is 32.2. The third kappa shape index (κ3) is 6.56. The van der Waals surface area contributed by atoms with Gasteiger partial charge in [-0.2, -0.15) is 10.1 Å². The summed E-state index contributed by atoms with van der Waals surface area (Å²) >= 11 is 1.55. The van der Waals surface area contributed by atoms with Crippen molar-refractivity contribution in [1.82, 2.24) is 24.6 Å². The summed E-state index contributed by atoms with van der Waals surface area (Å²) in [6.07, 6.45) is 13.3. The van der Waals surface area contributed by atoms with Crippen molar-refractivity contribution in [2.75, 3.05) is 41.8 Å². The Bertz CT molecular complexity index is 1120. The van der Waals surface area contributed by atoms with E-state index in [-0.39, 0.29) is 5.91 Å². The number of carbonyl (C=O) groups is 1. The molecule has 0 atom stereocenters. The van der Waals surface area contributed by atoms with Gasteiger partial charge >= 0.3 is 0 Å². The van der Waals surface area contributed by atoms with Gasteiger partial charge in [-0.05, 0) is 50.4 Å². The molecule has 33 heavy (non-hydrogen) atoms. The second-order valence-electron chi connectivity index (χ2n) is 7.74. The van der Waals surface area contributed by atoms with Crippen LogP contribution in [0.15, 0.2) is 59.9 Å². The van der Waals surface area contributed by atoms with Crippen LogP contribution in [0.4, 0.5) is 28.8 Å². The van der Waals surface area contributed by atoms with E-state index in [1.54, 1.807) is 34.9 Å². The number of benzene rings is 1. The highest BCUT2D eigenvalue weighted by Gasteiger charge is 2.10. The molecule has 0 aliphatic carbocycles. The fourth-order valence-electron chi connectivity index (χ4n) is 3.55. The second-order valence-corrected chi connectivity index (χ2v) is 8.59. The SMILES string of the molecule is CSc1cnc(Nc2cnn(C)c2)nc1Nc1cccc(NC(=O)C=CCN2CCCC2)c1. The number of hydrogen-bond acceptors (Lipinski definition) is 8. The molecule has 3 aromatic rings. The zero-order valence-electron chi connectivity index (χ0n) is 18.8. The highest BCUT2D eigenvalue weighted by molar-refractivity contribution is 7.98. The van der Waals surface area contributed by atoms with Gasteiger partial charge in [-0.15, -0.1) is 11.8 Å². The van der Waals surface area contributed by atoms with Gasteiger partial charge in [0, 0.05) is 43.4 Å². The fraction of sp³-hybridized carbons (Fsp3) is 0.304. The van der Waals surface area contributed by atoms with Crippen molar-refractivity contribution in [1.29, 1.82) is 0 Å². The molecule has 1 aliphatic rings. The number of thioether (sulfide) groups is 1. The first-order chi connectivity index (χ1) is 16.1. The predicted octanol–water partition coefficient (Wildman–Crippen LogP) is 4.01. The number of aryl methyl sites for hydroxylation is 1. The monoisotopic (exact) mass is 464 g/mol. The normalized spacial score (nSPS) is 14.0. The number of hydrogen-bond donors (Lipinski definition) is 3. The predicted molar refractivity (Wildman–Crippen MR) is 133 cm³/mol. The Hall–Kier alpha value is -3.37. The maximum atomic E-state index is 12.3. The lowest BCUT2D eigenvalue weighted by molar-refractivity contribution is -0.111. The van der Waals surface area contributed by atoms with E-state index in [1.165, 1.54) is 12.8 Å². The average molecular weight is 465 g/mol. The largest absolute Gasteiger partial charge is 0.339 e. The third-order valence-corrected chi connectivity index (χ3v) is 5.90. The molecule has 0 bridgehead atoms. The van der Waals surface area contributed by atoms with E-state index >= 15 is 0 Å². The van der Waals surface area contributed by atoms with Crippen LogP contribution in [0.2, 0.25) is 0 Å². The smallest absolute Gasteiger partial charge is 0.248 e. The van der Waals surface area contributed by atoms with Crippen LogP contribution >= 0.6 is 11.8 Å². The molecule has 0 spiro atoms. The van der Waals surface area contributed by atoms with Crippen molar-refractivity contribution < 1.29 is 4.79 Å². The van der Waals surface area contributed by atoms with E-state index in [1.807, 2.05) is 49.8 Å². The summed E-state index contributed by atoms with van der Waals surface area (Å²) < 4.78 is 1.71. The Labute approximate surface area is 197 Å². The van der Waals surface area contributed by atoms with Crippen molar-refractivity contribution in [3.63, 3.8) is 0 Å². The van der Waals surface area contributed by atoms with Crippen LogP contribution < -0.4 is 16.0 Å². The minimum Gasteiger partial charge on any atom is -0.339 e. The standard InChI is InChI=1S/C23H28N8OS/c1-30-16-19(14-25-30)28-23-24-15-20(33-2)22(29-23)27-18-8-5-7-17(13-18)26-21(32)9-6-12-31-10-3-4-11-31/h5-9,13-16H,3-4,10-12H2,1-2H3,(H,26,32)(H2,24,27,28,29). The van der Waals surface area contributed by atoms with Crippen molar-refractivity contribution in [3.8, 4) is 0 Å². The molecule has 1 aliphatic heterocycles. The molecule has 2 aromatic heterocycles. The molecule has 10 heteroatoms. The molecule has 1 fully saturated rings. The Balaban J connectivity index is 1.41. The lowest BCUT2D eigenvalue weighted by Crippen LogP contribution is -2.19. The first kappa shape index (κ1) is 22.8. The topological polar surface area (TPSA) is 100 Å². The first-order valence-electron chi connectivity index (χ1n) is 10.8. The summed E-state index contributed by atoms with van der Waals surface area (Å²) in [4.78, 5) is 24.6. The lowest BCUT2D eigenvalue weighted by Gasteiger charge is -2.12. The summed E-state index contributed by atoms with van der Waals surface area (Å²) in [6.45, 7) is 3.04. The van der Waals surface area contributed by atoms with E-state index in [4.69, 9.17) is 0 Å². The first-order valence-corrected chi connectivity index (χ1v) is 12.1. The summed E-state index contributed by atoms with van der Waals surface area (Å²) in [6, 6.07) is 7.56. The van der Waals surface area contributed by atoms with Gasteiger partial charge in [-0.25, -0.2) is 4.98 Å². The molecular weight excluding hydrogens is 436 g/mol. The summed E-state index contributed by atoms with van der Waals surface area (Å²) in [5, 5.41) is 13.6. The lowest BCUT2D eigenvalue weighted by atomic mass is 10.2. The number of nitrogens with zero attached hydrogens (tertiary/aromatic N) is 5. The highest BCUT2D eigenvalue weighted by Crippen LogP contribution is 2.28. The number of rotatable bonds is 9. The molecule has 1 aromatic carbocycles. The molecule has 4 rings (SSSR count). The number of anilines is 5. The number of aromatic nitrogens is 4. The van der Waals surface area contributed by atoms with Crippen LogP contribution in [-0.4, -0.2) is 56.4 Å². The van der Waals surface area contributed by atoms with Crippen molar-refractivity contribution in [2.24, 2.45) is 7.05 Å². The molecule has 172 valence electrons. The van der Waals surface area contributed by atoms with Gasteiger partial charge in [0.05, 0.1) is 16.8 Å². The Morgan fingerprint density at radius 3 is 2.73 bits per heavy atom. The maximum Gasteiger partial charge on any atom is 0.248 e. The van der Waals surface area contributed by atoms with Crippen molar-refractivity contribution in [2.45, 2.75) is 17.7 Å². The van der Waals surface area contributed by atoms with Crippen molar-refractivity contribution in [3.05, 3.63) is 55.0 Å². The van der Waals surface area contributed by atoms with Crippen LogP contribution in [0, 0.1) is 0 Å². The van der Waals surface area contributed by atoms with E-state index in [9.17, 15) is 4.79 Å². The maximum absolute atomic E-state index is 12.3. The van der Waals surface area contributed by atoms with E-state index in [2.05, 4.69) is 35.9 Å². The molecule has 1 amide bonds. The summed E-state index contributed by atoms with van der Waals surface area (Å²) in [5.41, 5.74) is 2.34. The fourth-order valence-corrected chi connectivity index (χ4v) is 4.00. The Morgan fingerprint density at radius 2 is 1.97 bits per heavy atom. The van der Waals surface area contributed by atoms with Gasteiger partial charge in [-0.3, -0.25) is 14.4 Å². The van der Waals surface area contributed by atoms with Crippen LogP contribution in [-0.2, 0) is 11.8 Å².